The zero-order chi connectivity index (χ0) is 13.3. The number of anilines is 1. The van der Waals surface area contributed by atoms with Crippen LogP contribution < -0.4 is 13.8 Å². The molecule has 18 heavy (non-hydrogen) atoms. The van der Waals surface area contributed by atoms with E-state index in [1.807, 2.05) is 11.6 Å². The Hall–Kier alpha value is -1.89. The number of ether oxygens (including phenoxy) is 1. The number of benzene rings is 1. The highest BCUT2D eigenvalue weighted by molar-refractivity contribution is 7.91. The topological polar surface area (TPSA) is 78.9 Å². The Labute approximate surface area is 106 Å². The van der Waals surface area contributed by atoms with Crippen molar-refractivity contribution >= 4 is 15.9 Å². The van der Waals surface area contributed by atoms with Gasteiger partial charge in [0.25, 0.3) is 0 Å². The number of hydrogen-bond donors (Lipinski definition) is 2. The van der Waals surface area contributed by atoms with Gasteiger partial charge in [-0.25, -0.2) is 9.03 Å². The Morgan fingerprint density at radius 3 is 2.67 bits per heavy atom. The first-order valence-corrected chi connectivity index (χ1v) is 6.82. The predicted octanol–water partition coefficient (Wildman–Crippen LogP) is 1.27. The number of nitrogens with zero attached hydrogens (tertiary/aromatic N) is 1. The van der Waals surface area contributed by atoms with Gasteiger partial charge in [0.15, 0.2) is 0 Å². The smallest absolute Gasteiger partial charge is 0.330 e. The fraction of sp³-hybridized carbons (Fsp3) is 0.273. The Morgan fingerprint density at radius 2 is 2.17 bits per heavy atom. The van der Waals surface area contributed by atoms with Crippen molar-refractivity contribution in [3.05, 3.63) is 35.8 Å². The monoisotopic (exact) mass is 270 g/mol. The summed E-state index contributed by atoms with van der Waals surface area (Å²) >= 11 is 0. The van der Waals surface area contributed by atoms with E-state index in [0.717, 1.165) is 16.1 Å². The number of nitrogens with one attached hydrogen (secondary N) is 1. The molecule has 0 atom stereocenters. The molecule has 0 saturated heterocycles. The van der Waals surface area contributed by atoms with Crippen molar-refractivity contribution < 1.29 is 18.3 Å². The molecule has 98 valence electrons. The van der Waals surface area contributed by atoms with Crippen LogP contribution in [0.25, 0.3) is 0 Å². The van der Waals surface area contributed by atoms with Crippen molar-refractivity contribution in [3.63, 3.8) is 0 Å². The Bertz CT molecular complexity index is 595. The second-order valence-corrected chi connectivity index (χ2v) is 5.31. The van der Waals surface area contributed by atoms with E-state index in [4.69, 9.17) is 4.74 Å². The van der Waals surface area contributed by atoms with Gasteiger partial charge in [-0.15, -0.1) is 0 Å². The number of rotatable bonds is 3. The van der Waals surface area contributed by atoms with Gasteiger partial charge in [-0.1, -0.05) is 6.92 Å². The number of aliphatic hydroxyl groups is 1. The molecule has 0 aromatic heterocycles. The molecule has 1 aromatic carbocycles. The minimum absolute atomic E-state index is 0.399. The summed E-state index contributed by atoms with van der Waals surface area (Å²) in [5, 5.41) is 9.23. The molecule has 1 heterocycles. The minimum Gasteiger partial charge on any atom is -0.496 e. The van der Waals surface area contributed by atoms with Crippen molar-refractivity contribution in [2.75, 3.05) is 11.4 Å². The maximum Gasteiger partial charge on any atom is 0.330 e. The van der Waals surface area contributed by atoms with Gasteiger partial charge >= 0.3 is 10.2 Å². The quantitative estimate of drug-likeness (QED) is 0.867. The van der Waals surface area contributed by atoms with Crippen molar-refractivity contribution in [3.8, 4) is 5.75 Å². The van der Waals surface area contributed by atoms with Gasteiger partial charge in [-0.2, -0.15) is 8.42 Å². The van der Waals surface area contributed by atoms with Crippen LogP contribution in [0.15, 0.2) is 30.3 Å². The summed E-state index contributed by atoms with van der Waals surface area (Å²) < 4.78 is 31.6. The van der Waals surface area contributed by atoms with Gasteiger partial charge in [0.1, 0.15) is 5.75 Å². The van der Waals surface area contributed by atoms with Crippen LogP contribution in [-0.4, -0.2) is 20.6 Å². The third-order valence-corrected chi connectivity index (χ3v) is 3.93. The van der Waals surface area contributed by atoms with E-state index in [2.05, 4.69) is 0 Å². The molecule has 2 rings (SSSR count). The highest BCUT2D eigenvalue weighted by atomic mass is 32.2. The van der Waals surface area contributed by atoms with Gasteiger partial charge in [-0.05, 0) is 30.2 Å². The second-order valence-electron chi connectivity index (χ2n) is 3.77. The fourth-order valence-corrected chi connectivity index (χ4v) is 2.82. The fourth-order valence-electron chi connectivity index (χ4n) is 1.78. The van der Waals surface area contributed by atoms with E-state index in [1.165, 1.54) is 0 Å². The first-order valence-electron chi connectivity index (χ1n) is 5.38. The summed E-state index contributed by atoms with van der Waals surface area (Å²) in [6.45, 7) is 1.95. The molecule has 0 unspecified atom stereocenters. The number of hydrogen-bond acceptors (Lipinski definition) is 4. The van der Waals surface area contributed by atoms with Crippen LogP contribution in [0.5, 0.6) is 5.75 Å². The zero-order valence-corrected chi connectivity index (χ0v) is 10.9. The van der Waals surface area contributed by atoms with Gasteiger partial charge in [0.2, 0.25) is 5.88 Å². The number of methoxy groups -OCH3 is 1. The molecule has 7 heteroatoms. The third-order valence-electron chi connectivity index (χ3n) is 2.63. The van der Waals surface area contributed by atoms with Gasteiger partial charge < -0.3 is 9.84 Å². The average Bonchev–Trinajstić information content (AvgIpc) is 2.61. The summed E-state index contributed by atoms with van der Waals surface area (Å²) in [6, 6.07) is 5.03. The lowest BCUT2D eigenvalue weighted by molar-refractivity contribution is 0.392. The van der Waals surface area contributed by atoms with Crippen LogP contribution in [0, 0.1) is 0 Å². The van der Waals surface area contributed by atoms with Gasteiger partial charge in [0, 0.05) is 0 Å². The molecule has 0 spiro atoms. The van der Waals surface area contributed by atoms with E-state index in [0.29, 0.717) is 17.9 Å². The van der Waals surface area contributed by atoms with E-state index >= 15 is 0 Å². The molecule has 2 N–H and O–H groups in total. The zero-order valence-electron chi connectivity index (χ0n) is 10.0. The summed E-state index contributed by atoms with van der Waals surface area (Å²) in [5.41, 5.74) is 1.34. The minimum atomic E-state index is -3.73. The van der Waals surface area contributed by atoms with Gasteiger partial charge in [0.05, 0.1) is 19.0 Å². The van der Waals surface area contributed by atoms with Crippen LogP contribution in [0.2, 0.25) is 0 Å². The van der Waals surface area contributed by atoms with E-state index in [1.54, 1.807) is 25.3 Å². The first kappa shape index (κ1) is 12.6. The highest BCUT2D eigenvalue weighted by Crippen LogP contribution is 2.28. The SMILES string of the molecule is CCc1cc(N2C=C(O)NS2(=O)=O)ccc1OC. The average molecular weight is 270 g/mol. The van der Waals surface area contributed by atoms with Crippen molar-refractivity contribution in [1.82, 2.24) is 4.72 Å². The molecule has 0 bridgehead atoms. The lowest BCUT2D eigenvalue weighted by Gasteiger charge is -2.16. The molecule has 0 radical (unpaired) electrons. The van der Waals surface area contributed by atoms with Crippen molar-refractivity contribution in [2.24, 2.45) is 0 Å². The second kappa shape index (κ2) is 4.41. The van der Waals surface area contributed by atoms with Crippen LogP contribution in [0.3, 0.4) is 0 Å². The number of aliphatic hydroxyl groups excluding tert-OH is 1. The van der Waals surface area contributed by atoms with E-state index < -0.39 is 16.1 Å². The lowest BCUT2D eigenvalue weighted by Crippen LogP contribution is -2.29. The maximum atomic E-state index is 11.7. The standard InChI is InChI=1S/C11H14N2O4S/c1-3-8-6-9(4-5-10(8)17-2)13-7-11(14)12-18(13,15)16/h4-7,12,14H,3H2,1-2H3. The molecule has 6 nitrogen and oxygen atoms in total. The molecule has 0 saturated carbocycles. The number of aryl methyl sites for hydroxylation is 1. The summed E-state index contributed by atoms with van der Waals surface area (Å²) in [5.74, 6) is 0.308. The highest BCUT2D eigenvalue weighted by Gasteiger charge is 2.28. The van der Waals surface area contributed by atoms with Gasteiger partial charge in [-0.3, -0.25) is 0 Å². The largest absolute Gasteiger partial charge is 0.496 e. The third kappa shape index (κ3) is 2.08. The maximum absolute atomic E-state index is 11.7. The van der Waals surface area contributed by atoms with Crippen molar-refractivity contribution in [1.29, 1.82) is 0 Å². The Kier molecular flexibility index (Phi) is 3.08. The molecular formula is C11H14N2O4S. The molecule has 0 aliphatic carbocycles. The first-order chi connectivity index (χ1) is 8.47. The molecule has 0 amide bonds. The van der Waals surface area contributed by atoms with E-state index in [9.17, 15) is 13.5 Å². The normalized spacial score (nSPS) is 17.2. The predicted molar refractivity (Wildman–Crippen MR) is 67.6 cm³/mol. The Morgan fingerprint density at radius 1 is 1.44 bits per heavy atom. The molecule has 0 fully saturated rings. The van der Waals surface area contributed by atoms with Crippen LogP contribution in [0.4, 0.5) is 5.69 Å². The molecule has 1 aliphatic heterocycles. The van der Waals surface area contributed by atoms with Crippen LogP contribution >= 0.6 is 0 Å². The van der Waals surface area contributed by atoms with Crippen molar-refractivity contribution in [2.45, 2.75) is 13.3 Å². The Balaban J connectivity index is 2.46. The van der Waals surface area contributed by atoms with Crippen LogP contribution in [-0.2, 0) is 16.6 Å². The molecule has 1 aromatic rings. The van der Waals surface area contributed by atoms with E-state index in [-0.39, 0.29) is 0 Å². The lowest BCUT2D eigenvalue weighted by atomic mass is 10.1. The van der Waals surface area contributed by atoms with Crippen LogP contribution in [0.1, 0.15) is 12.5 Å². The molecular weight excluding hydrogens is 256 g/mol. The molecule has 1 aliphatic rings. The summed E-state index contributed by atoms with van der Waals surface area (Å²) in [6.07, 6.45) is 1.84. The summed E-state index contributed by atoms with van der Waals surface area (Å²) in [7, 11) is -2.17. The summed E-state index contributed by atoms with van der Waals surface area (Å²) in [4.78, 5) is 0.